The molecule has 0 radical (unpaired) electrons. The fraction of sp³-hybridized carbons (Fsp3) is 0.381. The van der Waals surface area contributed by atoms with Gasteiger partial charge in [0.05, 0.1) is 10.7 Å². The number of benzene rings is 1. The van der Waals surface area contributed by atoms with Crippen molar-refractivity contribution in [3.05, 3.63) is 52.5 Å². The van der Waals surface area contributed by atoms with E-state index in [4.69, 9.17) is 20.9 Å². The van der Waals surface area contributed by atoms with Crippen molar-refractivity contribution in [1.82, 2.24) is 19.9 Å². The summed E-state index contributed by atoms with van der Waals surface area (Å²) in [5, 5.41) is 5.43. The Morgan fingerprint density at radius 2 is 2.00 bits per heavy atom. The molecule has 0 unspecified atom stereocenters. The third kappa shape index (κ3) is 4.21. The van der Waals surface area contributed by atoms with Gasteiger partial charge in [-0.1, -0.05) is 16.8 Å². The van der Waals surface area contributed by atoms with E-state index in [1.165, 1.54) is 0 Å². The number of piperazine rings is 1. The second-order valence-electron chi connectivity index (χ2n) is 7.19. The van der Waals surface area contributed by atoms with E-state index in [9.17, 15) is 4.79 Å². The fourth-order valence-corrected chi connectivity index (χ4v) is 3.78. The molecule has 7 nitrogen and oxygen atoms in total. The molecule has 1 saturated heterocycles. The zero-order chi connectivity index (χ0) is 20.4. The van der Waals surface area contributed by atoms with E-state index >= 15 is 0 Å². The van der Waals surface area contributed by atoms with Gasteiger partial charge in [-0.3, -0.25) is 14.7 Å². The second-order valence-corrected chi connectivity index (χ2v) is 7.60. The molecule has 1 fully saturated rings. The number of rotatable bonds is 5. The van der Waals surface area contributed by atoms with Crippen molar-refractivity contribution in [2.75, 3.05) is 32.8 Å². The van der Waals surface area contributed by atoms with Crippen molar-refractivity contribution >= 4 is 28.4 Å². The van der Waals surface area contributed by atoms with Crippen molar-refractivity contribution < 1.29 is 14.1 Å². The summed E-state index contributed by atoms with van der Waals surface area (Å²) < 4.78 is 11.0. The Morgan fingerprint density at radius 3 is 2.72 bits per heavy atom. The predicted molar refractivity (Wildman–Crippen MR) is 110 cm³/mol. The lowest BCUT2D eigenvalue weighted by Gasteiger charge is -2.34. The Morgan fingerprint density at radius 1 is 1.21 bits per heavy atom. The average Bonchev–Trinajstić information content (AvgIpc) is 3.06. The Hall–Kier alpha value is -2.64. The van der Waals surface area contributed by atoms with Crippen LogP contribution in [0.25, 0.3) is 10.9 Å². The van der Waals surface area contributed by atoms with Gasteiger partial charge in [-0.05, 0) is 38.1 Å². The number of aryl methyl sites for hydroxylation is 2. The molecule has 0 N–H and O–H groups in total. The third-order valence-corrected chi connectivity index (χ3v) is 5.65. The molecule has 152 valence electrons. The number of hydrogen-bond acceptors (Lipinski definition) is 6. The van der Waals surface area contributed by atoms with Gasteiger partial charge in [0.2, 0.25) is 0 Å². The van der Waals surface area contributed by atoms with E-state index in [0.29, 0.717) is 29.4 Å². The first-order valence-electron chi connectivity index (χ1n) is 9.61. The van der Waals surface area contributed by atoms with Crippen LogP contribution in [-0.4, -0.2) is 58.6 Å². The van der Waals surface area contributed by atoms with E-state index in [1.54, 1.807) is 18.3 Å². The first-order valence-corrected chi connectivity index (χ1v) is 9.98. The van der Waals surface area contributed by atoms with Gasteiger partial charge in [0.1, 0.15) is 17.0 Å². The molecule has 3 aromatic rings. The number of carbonyl (C=O) groups is 1. The zero-order valence-corrected chi connectivity index (χ0v) is 17.3. The molecule has 1 aliphatic rings. The summed E-state index contributed by atoms with van der Waals surface area (Å²) in [6.07, 6.45) is 1.69. The first-order chi connectivity index (χ1) is 14.0. The van der Waals surface area contributed by atoms with Gasteiger partial charge in [0.15, 0.2) is 6.61 Å². The normalized spacial score (nSPS) is 15.1. The Bertz CT molecular complexity index is 1010. The molecular formula is C21H23ClN4O3. The minimum absolute atomic E-state index is 0.0167. The van der Waals surface area contributed by atoms with Crippen LogP contribution in [0.15, 0.2) is 35.0 Å². The van der Waals surface area contributed by atoms with Gasteiger partial charge in [-0.2, -0.15) is 0 Å². The van der Waals surface area contributed by atoms with Crippen LogP contribution < -0.4 is 4.74 Å². The minimum atomic E-state index is -0.0268. The number of halogens is 1. The van der Waals surface area contributed by atoms with Gasteiger partial charge in [0, 0.05) is 49.9 Å². The molecule has 0 aliphatic carbocycles. The molecule has 1 aliphatic heterocycles. The molecule has 3 heterocycles. The van der Waals surface area contributed by atoms with Crippen molar-refractivity contribution in [2.45, 2.75) is 20.4 Å². The second kappa shape index (κ2) is 8.39. The Kier molecular flexibility index (Phi) is 5.69. The maximum atomic E-state index is 12.6. The van der Waals surface area contributed by atoms with Crippen molar-refractivity contribution in [3.63, 3.8) is 0 Å². The lowest BCUT2D eigenvalue weighted by Crippen LogP contribution is -2.49. The fourth-order valence-electron chi connectivity index (χ4n) is 3.57. The zero-order valence-electron chi connectivity index (χ0n) is 16.5. The lowest BCUT2D eigenvalue weighted by atomic mass is 10.2. The van der Waals surface area contributed by atoms with Crippen LogP contribution >= 0.6 is 11.6 Å². The molecule has 2 aromatic heterocycles. The van der Waals surface area contributed by atoms with E-state index in [0.717, 1.165) is 42.0 Å². The van der Waals surface area contributed by atoms with Crippen LogP contribution in [0.1, 0.15) is 17.0 Å². The molecule has 0 atom stereocenters. The smallest absolute Gasteiger partial charge is 0.260 e. The third-order valence-electron chi connectivity index (χ3n) is 5.32. The number of ether oxygens (including phenoxy) is 1. The summed E-state index contributed by atoms with van der Waals surface area (Å²) in [6, 6.07) is 7.23. The number of carbonyl (C=O) groups excluding carboxylic acids is 1. The van der Waals surface area contributed by atoms with E-state index in [1.807, 2.05) is 30.9 Å². The molecular weight excluding hydrogens is 392 g/mol. The van der Waals surface area contributed by atoms with Crippen LogP contribution in [0, 0.1) is 13.8 Å². The molecule has 0 spiro atoms. The van der Waals surface area contributed by atoms with Crippen molar-refractivity contribution in [3.8, 4) is 5.75 Å². The number of nitrogens with zero attached hydrogens (tertiary/aromatic N) is 4. The largest absolute Gasteiger partial charge is 0.481 e. The summed E-state index contributed by atoms with van der Waals surface area (Å²) in [5.41, 5.74) is 2.73. The van der Waals surface area contributed by atoms with Crippen LogP contribution in [0.5, 0.6) is 5.75 Å². The first kappa shape index (κ1) is 19.7. The Balaban J connectivity index is 1.32. The number of amides is 1. The molecule has 29 heavy (non-hydrogen) atoms. The quantitative estimate of drug-likeness (QED) is 0.638. The number of aromatic nitrogens is 2. The highest BCUT2D eigenvalue weighted by Gasteiger charge is 2.23. The summed E-state index contributed by atoms with van der Waals surface area (Å²) in [5.74, 6) is 1.40. The Labute approximate surface area is 174 Å². The van der Waals surface area contributed by atoms with Gasteiger partial charge in [0.25, 0.3) is 5.91 Å². The van der Waals surface area contributed by atoms with Crippen molar-refractivity contribution in [2.24, 2.45) is 0 Å². The number of fused-ring (bicyclic) bond motifs is 1. The average molecular weight is 415 g/mol. The highest BCUT2D eigenvalue weighted by atomic mass is 35.5. The SMILES string of the molecule is Cc1noc(C)c1CN1CCN(C(=O)COc2ccc(Cl)c3cccnc23)CC1. The van der Waals surface area contributed by atoms with Crippen LogP contribution in [0.4, 0.5) is 0 Å². The highest BCUT2D eigenvalue weighted by molar-refractivity contribution is 6.35. The van der Waals surface area contributed by atoms with Gasteiger partial charge in [-0.25, -0.2) is 0 Å². The van der Waals surface area contributed by atoms with E-state index in [-0.39, 0.29) is 12.5 Å². The van der Waals surface area contributed by atoms with Gasteiger partial charge in [-0.15, -0.1) is 0 Å². The van der Waals surface area contributed by atoms with Gasteiger partial charge < -0.3 is 14.2 Å². The summed E-state index contributed by atoms with van der Waals surface area (Å²) in [7, 11) is 0. The number of hydrogen-bond donors (Lipinski definition) is 0. The molecule has 1 amide bonds. The monoisotopic (exact) mass is 414 g/mol. The summed E-state index contributed by atoms with van der Waals surface area (Å²) in [4.78, 5) is 21.1. The summed E-state index contributed by atoms with van der Waals surface area (Å²) >= 11 is 6.21. The standard InChI is InChI=1S/C21H23ClN4O3/c1-14-17(15(2)29-24-14)12-25-8-10-26(11-9-25)20(27)13-28-19-6-5-18(22)16-4-3-7-23-21(16)19/h3-7H,8-13H2,1-2H3. The maximum absolute atomic E-state index is 12.6. The minimum Gasteiger partial charge on any atom is -0.481 e. The molecule has 4 rings (SSSR count). The van der Waals surface area contributed by atoms with Gasteiger partial charge >= 0.3 is 0 Å². The molecule has 0 bridgehead atoms. The van der Waals surface area contributed by atoms with E-state index < -0.39 is 0 Å². The van der Waals surface area contributed by atoms with Crippen LogP contribution in [0.2, 0.25) is 5.02 Å². The predicted octanol–water partition coefficient (Wildman–Crippen LogP) is 3.22. The highest BCUT2D eigenvalue weighted by Crippen LogP contribution is 2.29. The van der Waals surface area contributed by atoms with E-state index in [2.05, 4.69) is 15.0 Å². The topological polar surface area (TPSA) is 71.7 Å². The maximum Gasteiger partial charge on any atom is 0.260 e. The number of pyridine rings is 1. The van der Waals surface area contributed by atoms with Crippen LogP contribution in [0.3, 0.4) is 0 Å². The molecule has 1 aromatic carbocycles. The summed E-state index contributed by atoms with van der Waals surface area (Å²) in [6.45, 7) is 7.62. The van der Waals surface area contributed by atoms with Crippen molar-refractivity contribution in [1.29, 1.82) is 0 Å². The molecule has 0 saturated carbocycles. The lowest BCUT2D eigenvalue weighted by molar-refractivity contribution is -0.135. The molecule has 8 heteroatoms. The van der Waals surface area contributed by atoms with Crippen LogP contribution in [-0.2, 0) is 11.3 Å².